The number of benzene rings is 2. The van der Waals surface area contributed by atoms with E-state index in [0.29, 0.717) is 19.0 Å². The first-order chi connectivity index (χ1) is 14.2. The van der Waals surface area contributed by atoms with Crippen LogP contribution in [0.2, 0.25) is 0 Å². The first-order valence-corrected chi connectivity index (χ1v) is 10.9. The number of ether oxygens (including phenoxy) is 2. The third-order valence-corrected chi connectivity index (χ3v) is 6.33. The van der Waals surface area contributed by atoms with E-state index in [-0.39, 0.29) is 11.9 Å². The van der Waals surface area contributed by atoms with Crippen molar-refractivity contribution in [3.8, 4) is 11.5 Å². The van der Waals surface area contributed by atoms with Gasteiger partial charge in [-0.2, -0.15) is 0 Å². The van der Waals surface area contributed by atoms with E-state index in [4.69, 9.17) is 9.47 Å². The molecule has 1 saturated heterocycles. The summed E-state index contributed by atoms with van der Waals surface area (Å²) in [5.74, 6) is 2.08. The van der Waals surface area contributed by atoms with Crippen LogP contribution in [0.25, 0.3) is 11.0 Å². The van der Waals surface area contributed by atoms with E-state index in [0.717, 1.165) is 52.6 Å². The molecule has 0 bridgehead atoms. The Kier molecular flexibility index (Phi) is 4.83. The second kappa shape index (κ2) is 7.63. The third-order valence-electron chi connectivity index (χ3n) is 5.47. The number of rotatable bonds is 4. The van der Waals surface area contributed by atoms with Crippen molar-refractivity contribution in [2.24, 2.45) is 0 Å². The summed E-state index contributed by atoms with van der Waals surface area (Å²) in [6.07, 6.45) is 1.99. The Hall–Kier alpha value is -2.67. The summed E-state index contributed by atoms with van der Waals surface area (Å²) in [5.41, 5.74) is 4.24. The van der Waals surface area contributed by atoms with Gasteiger partial charge in [0.2, 0.25) is 5.91 Å². The fraction of sp³-hybridized carbons (Fsp3) is 0.364. The van der Waals surface area contributed by atoms with Crippen LogP contribution in [-0.2, 0) is 4.79 Å². The fourth-order valence-corrected chi connectivity index (χ4v) is 4.83. The molecule has 1 aromatic heterocycles. The Morgan fingerprint density at radius 1 is 1.21 bits per heavy atom. The zero-order valence-electron chi connectivity index (χ0n) is 16.3. The maximum Gasteiger partial charge on any atom is 0.233 e. The van der Waals surface area contributed by atoms with E-state index < -0.39 is 0 Å². The molecule has 5 rings (SSSR count). The number of hydrogen-bond donors (Lipinski definition) is 1. The highest BCUT2D eigenvalue weighted by Crippen LogP contribution is 2.38. The summed E-state index contributed by atoms with van der Waals surface area (Å²) in [6.45, 7) is 4.00. The van der Waals surface area contributed by atoms with Crippen molar-refractivity contribution in [1.82, 2.24) is 14.9 Å². The quantitative estimate of drug-likeness (QED) is 0.657. The van der Waals surface area contributed by atoms with Crippen molar-refractivity contribution >= 4 is 28.7 Å². The number of thioether (sulfide) groups is 1. The van der Waals surface area contributed by atoms with E-state index >= 15 is 0 Å². The standard InChI is InChI=1S/C22H23N3O3S/c1-14-4-6-16-17(11-14)24-22(23-16)29-13-21(26)25-8-2-3-18(25)15-5-7-19-20(12-15)28-10-9-27-19/h4-7,11-12,18H,2-3,8-10,13H2,1H3,(H,23,24)/t18-/m0/s1. The van der Waals surface area contributed by atoms with E-state index in [1.54, 1.807) is 0 Å². The molecular weight excluding hydrogens is 386 g/mol. The number of carbonyl (C=O) groups is 1. The molecule has 1 atom stereocenters. The lowest BCUT2D eigenvalue weighted by atomic mass is 10.0. The molecule has 2 aromatic carbocycles. The molecule has 0 unspecified atom stereocenters. The number of fused-ring (bicyclic) bond motifs is 2. The van der Waals surface area contributed by atoms with E-state index in [9.17, 15) is 4.79 Å². The number of likely N-dealkylation sites (tertiary alicyclic amines) is 1. The predicted molar refractivity (Wildman–Crippen MR) is 113 cm³/mol. The van der Waals surface area contributed by atoms with Crippen LogP contribution in [0.1, 0.15) is 30.0 Å². The minimum atomic E-state index is 0.0947. The number of amides is 1. The number of aromatic nitrogens is 2. The van der Waals surface area contributed by atoms with Crippen LogP contribution in [-0.4, -0.2) is 46.3 Å². The summed E-state index contributed by atoms with van der Waals surface area (Å²) in [4.78, 5) is 22.9. The van der Waals surface area contributed by atoms with Crippen LogP contribution in [0.3, 0.4) is 0 Å². The minimum absolute atomic E-state index is 0.0947. The van der Waals surface area contributed by atoms with Crippen molar-refractivity contribution in [3.05, 3.63) is 47.5 Å². The highest BCUT2D eigenvalue weighted by Gasteiger charge is 2.31. The van der Waals surface area contributed by atoms with Crippen LogP contribution in [0.4, 0.5) is 0 Å². The van der Waals surface area contributed by atoms with E-state index in [2.05, 4.69) is 29.0 Å². The summed E-state index contributed by atoms with van der Waals surface area (Å²) in [7, 11) is 0. The molecule has 0 saturated carbocycles. The molecule has 1 N–H and O–H groups in total. The largest absolute Gasteiger partial charge is 0.486 e. The lowest BCUT2D eigenvalue weighted by Gasteiger charge is -2.26. The third kappa shape index (κ3) is 3.67. The highest BCUT2D eigenvalue weighted by atomic mass is 32.2. The average molecular weight is 410 g/mol. The van der Waals surface area contributed by atoms with Crippen LogP contribution in [0, 0.1) is 6.92 Å². The number of aromatic amines is 1. The van der Waals surface area contributed by atoms with Crippen molar-refractivity contribution in [3.63, 3.8) is 0 Å². The van der Waals surface area contributed by atoms with Gasteiger partial charge in [0, 0.05) is 6.54 Å². The zero-order valence-corrected chi connectivity index (χ0v) is 17.1. The molecule has 0 aliphatic carbocycles. The minimum Gasteiger partial charge on any atom is -0.486 e. The van der Waals surface area contributed by atoms with Gasteiger partial charge in [0.1, 0.15) is 13.2 Å². The van der Waals surface area contributed by atoms with Gasteiger partial charge in [0.05, 0.1) is 22.8 Å². The first kappa shape index (κ1) is 18.4. The fourth-order valence-electron chi connectivity index (χ4n) is 4.06. The number of carbonyl (C=O) groups excluding carboxylic acids is 1. The van der Waals surface area contributed by atoms with Crippen molar-refractivity contribution < 1.29 is 14.3 Å². The molecule has 6 nitrogen and oxygen atoms in total. The summed E-state index contributed by atoms with van der Waals surface area (Å²) in [6, 6.07) is 12.3. The maximum absolute atomic E-state index is 13.0. The Morgan fingerprint density at radius 3 is 2.97 bits per heavy atom. The average Bonchev–Trinajstić information content (AvgIpc) is 3.38. The number of imidazole rings is 1. The van der Waals surface area contributed by atoms with Gasteiger partial charge in [-0.25, -0.2) is 4.98 Å². The van der Waals surface area contributed by atoms with Crippen LogP contribution >= 0.6 is 11.8 Å². The molecule has 150 valence electrons. The molecule has 1 amide bonds. The van der Waals surface area contributed by atoms with Gasteiger partial charge in [0.25, 0.3) is 0 Å². The molecular formula is C22H23N3O3S. The summed E-state index contributed by atoms with van der Waals surface area (Å²) >= 11 is 1.46. The summed E-state index contributed by atoms with van der Waals surface area (Å²) in [5, 5.41) is 0.786. The number of hydrogen-bond acceptors (Lipinski definition) is 5. The monoisotopic (exact) mass is 409 g/mol. The van der Waals surface area contributed by atoms with Gasteiger partial charge in [0.15, 0.2) is 16.7 Å². The lowest BCUT2D eigenvalue weighted by Crippen LogP contribution is -2.32. The molecule has 2 aliphatic rings. The van der Waals surface area contributed by atoms with E-state index in [1.807, 2.05) is 29.2 Å². The maximum atomic E-state index is 13.0. The molecule has 2 aliphatic heterocycles. The SMILES string of the molecule is Cc1ccc2nc(SCC(=O)N3CCC[C@H]3c3ccc4c(c3)OCCO4)[nH]c2c1. The molecule has 0 spiro atoms. The first-order valence-electron chi connectivity index (χ1n) is 9.95. The van der Waals surface area contributed by atoms with Gasteiger partial charge in [-0.1, -0.05) is 23.9 Å². The van der Waals surface area contributed by atoms with Crippen molar-refractivity contribution in [2.75, 3.05) is 25.5 Å². The number of nitrogens with zero attached hydrogens (tertiary/aromatic N) is 2. The molecule has 3 heterocycles. The highest BCUT2D eigenvalue weighted by molar-refractivity contribution is 7.99. The summed E-state index contributed by atoms with van der Waals surface area (Å²) < 4.78 is 11.3. The lowest BCUT2D eigenvalue weighted by molar-refractivity contribution is -0.129. The van der Waals surface area contributed by atoms with Crippen LogP contribution in [0.5, 0.6) is 11.5 Å². The molecule has 7 heteroatoms. The van der Waals surface area contributed by atoms with E-state index in [1.165, 1.54) is 17.3 Å². The van der Waals surface area contributed by atoms with Gasteiger partial charge in [-0.05, 0) is 55.2 Å². The number of nitrogens with one attached hydrogen (secondary N) is 1. The van der Waals surface area contributed by atoms with Gasteiger partial charge in [-0.3, -0.25) is 4.79 Å². The second-order valence-electron chi connectivity index (χ2n) is 7.50. The van der Waals surface area contributed by atoms with Crippen LogP contribution < -0.4 is 9.47 Å². The van der Waals surface area contributed by atoms with Crippen molar-refractivity contribution in [2.45, 2.75) is 31.0 Å². The van der Waals surface area contributed by atoms with Gasteiger partial charge < -0.3 is 19.4 Å². The Morgan fingerprint density at radius 2 is 2.07 bits per heavy atom. The number of H-pyrrole nitrogens is 1. The second-order valence-corrected chi connectivity index (χ2v) is 8.46. The van der Waals surface area contributed by atoms with Gasteiger partial charge >= 0.3 is 0 Å². The Bertz CT molecular complexity index is 1060. The topological polar surface area (TPSA) is 67.5 Å². The Labute approximate surface area is 173 Å². The number of aryl methyl sites for hydroxylation is 1. The smallest absolute Gasteiger partial charge is 0.233 e. The predicted octanol–water partition coefficient (Wildman–Crippen LogP) is 4.10. The van der Waals surface area contributed by atoms with Crippen molar-refractivity contribution in [1.29, 1.82) is 0 Å². The zero-order chi connectivity index (χ0) is 19.8. The van der Waals surface area contributed by atoms with Crippen LogP contribution in [0.15, 0.2) is 41.6 Å². The molecule has 0 radical (unpaired) electrons. The Balaban J connectivity index is 1.28. The van der Waals surface area contributed by atoms with Gasteiger partial charge in [-0.15, -0.1) is 0 Å². The normalized spacial score (nSPS) is 18.4. The molecule has 3 aromatic rings. The molecule has 29 heavy (non-hydrogen) atoms. The molecule has 1 fully saturated rings.